The monoisotopic (exact) mass is 719 g/mol. The summed E-state index contributed by atoms with van der Waals surface area (Å²) in [6.45, 7) is 10.5. The second-order valence-corrected chi connectivity index (χ2v) is 14.4. The van der Waals surface area contributed by atoms with E-state index < -0.39 is 65.7 Å². The van der Waals surface area contributed by atoms with Crippen LogP contribution in [-0.2, 0) is 39.8 Å². The molecule has 0 spiro atoms. The van der Waals surface area contributed by atoms with Crippen molar-refractivity contribution in [3.63, 3.8) is 0 Å². The first-order valence-electron chi connectivity index (χ1n) is 16.7. The summed E-state index contributed by atoms with van der Waals surface area (Å²) in [6, 6.07) is 2.63. The van der Waals surface area contributed by atoms with Gasteiger partial charge in [0.15, 0.2) is 5.72 Å². The summed E-state index contributed by atoms with van der Waals surface area (Å²) >= 11 is 6.74. The maximum absolute atomic E-state index is 14.1. The van der Waals surface area contributed by atoms with Gasteiger partial charge in [0.2, 0.25) is 11.8 Å². The summed E-state index contributed by atoms with van der Waals surface area (Å²) in [6.07, 6.45) is 1.00. The first-order valence-corrected chi connectivity index (χ1v) is 17.1. The second-order valence-electron chi connectivity index (χ2n) is 14.0. The minimum atomic E-state index is -1.82. The molecule has 0 radical (unpaired) electrons. The molecule has 0 aromatic heterocycles. The number of amides is 3. The van der Waals surface area contributed by atoms with Gasteiger partial charge in [-0.2, -0.15) is 0 Å². The van der Waals surface area contributed by atoms with Crippen molar-refractivity contribution < 1.29 is 48.0 Å². The van der Waals surface area contributed by atoms with Crippen molar-refractivity contribution in [2.75, 3.05) is 33.2 Å². The van der Waals surface area contributed by atoms with Gasteiger partial charge in [-0.25, -0.2) is 9.59 Å². The van der Waals surface area contributed by atoms with Crippen molar-refractivity contribution >= 4 is 41.2 Å². The maximum atomic E-state index is 14.1. The van der Waals surface area contributed by atoms with Gasteiger partial charge in [-0.1, -0.05) is 56.2 Å². The summed E-state index contributed by atoms with van der Waals surface area (Å²) in [7, 11) is 6.02. The van der Waals surface area contributed by atoms with Crippen molar-refractivity contribution in [2.45, 2.75) is 103 Å². The number of aliphatic hydroxyl groups is 1. The minimum Gasteiger partial charge on any atom is -0.495 e. The van der Waals surface area contributed by atoms with Crippen molar-refractivity contribution in [2.24, 2.45) is 11.8 Å². The molecule has 2 N–H and O–H groups in total. The molecule has 0 aliphatic carbocycles. The van der Waals surface area contributed by atoms with E-state index in [0.29, 0.717) is 17.9 Å². The quantitative estimate of drug-likeness (QED) is 0.323. The molecule has 8 atom stereocenters. The van der Waals surface area contributed by atoms with Crippen LogP contribution in [0, 0.1) is 11.8 Å². The highest BCUT2D eigenvalue weighted by atomic mass is 35.5. The standard InChI is InChI=1S/C36H50ClN3O10/c1-19(2)32(42)39(7)22(5)33(43)49-28-17-29(41)40(8)24-15-23(16-25(46-9)30(24)37)14-20(3)12-11-13-27(47-10)36(45)18-26(48-34(44)38-36)21(4)31-35(28,6)50-31/h11-13,15-16,19,21-22,26-28,31,45H,14,17-18H2,1-10H3,(H,38,44)/b13-11+,20-12+/t21-,22+,26+,27-,28+,31-,35-,36+/m1/s1. The van der Waals surface area contributed by atoms with E-state index in [1.807, 2.05) is 13.0 Å². The lowest BCUT2D eigenvalue weighted by Gasteiger charge is -2.42. The number of epoxide rings is 1. The fourth-order valence-corrected chi connectivity index (χ4v) is 6.91. The molecule has 2 fully saturated rings. The molecule has 0 unspecified atom stereocenters. The topological polar surface area (TPSA) is 156 Å². The number of nitrogens with zero attached hydrogens (tertiary/aromatic N) is 2. The van der Waals surface area contributed by atoms with E-state index in [2.05, 4.69) is 5.32 Å². The zero-order valence-electron chi connectivity index (χ0n) is 30.4. The highest BCUT2D eigenvalue weighted by Crippen LogP contribution is 2.49. The second kappa shape index (κ2) is 15.3. The molecule has 14 heteroatoms. The van der Waals surface area contributed by atoms with Crippen LogP contribution in [0.15, 0.2) is 35.9 Å². The normalized spacial score (nSPS) is 32.5. The number of hydrogen-bond donors (Lipinski definition) is 2. The van der Waals surface area contributed by atoms with E-state index in [4.69, 9.17) is 35.3 Å². The number of carbonyl (C=O) groups excluding carboxylic acids is 4. The third kappa shape index (κ3) is 8.11. The van der Waals surface area contributed by atoms with E-state index in [1.165, 1.54) is 31.1 Å². The number of ether oxygens (including phenoxy) is 5. The highest BCUT2D eigenvalue weighted by Gasteiger charge is 2.64. The third-order valence-corrected chi connectivity index (χ3v) is 10.4. The van der Waals surface area contributed by atoms with Crippen molar-refractivity contribution in [3.05, 3.63) is 46.5 Å². The van der Waals surface area contributed by atoms with Crippen LogP contribution < -0.4 is 15.0 Å². The van der Waals surface area contributed by atoms with Gasteiger partial charge in [-0.15, -0.1) is 0 Å². The summed E-state index contributed by atoms with van der Waals surface area (Å²) in [5.74, 6) is -1.88. The van der Waals surface area contributed by atoms with Gasteiger partial charge in [0.25, 0.3) is 0 Å². The highest BCUT2D eigenvalue weighted by molar-refractivity contribution is 6.35. The number of likely N-dealkylation sites (N-methyl/N-ethyl adjacent to an activating group) is 1. The Labute approximate surface area is 298 Å². The average Bonchev–Trinajstić information content (AvgIpc) is 3.76. The van der Waals surface area contributed by atoms with Crippen LogP contribution in [-0.4, -0.2) is 104 Å². The Morgan fingerprint density at radius 1 is 1.20 bits per heavy atom. The van der Waals surface area contributed by atoms with Crippen LogP contribution in [0.25, 0.3) is 0 Å². The molecule has 2 saturated heterocycles. The number of carbonyl (C=O) groups is 4. The molecule has 50 heavy (non-hydrogen) atoms. The lowest BCUT2D eigenvalue weighted by atomic mass is 9.83. The average molecular weight is 720 g/mol. The lowest BCUT2D eigenvalue weighted by Crippen LogP contribution is -2.63. The van der Waals surface area contributed by atoms with Crippen molar-refractivity contribution in [1.29, 1.82) is 0 Å². The van der Waals surface area contributed by atoms with Crippen LogP contribution in [0.1, 0.15) is 59.9 Å². The smallest absolute Gasteiger partial charge is 0.409 e. The first-order chi connectivity index (χ1) is 23.4. The summed E-state index contributed by atoms with van der Waals surface area (Å²) in [5, 5.41) is 14.4. The van der Waals surface area contributed by atoms with E-state index in [1.54, 1.807) is 66.0 Å². The molecule has 1 aromatic carbocycles. The van der Waals surface area contributed by atoms with E-state index in [0.717, 1.165) is 11.1 Å². The largest absolute Gasteiger partial charge is 0.495 e. The molecule has 3 heterocycles. The molecule has 4 bridgehead atoms. The number of halogens is 1. The van der Waals surface area contributed by atoms with Gasteiger partial charge in [-0.3, -0.25) is 14.9 Å². The Morgan fingerprint density at radius 3 is 2.50 bits per heavy atom. The van der Waals surface area contributed by atoms with Gasteiger partial charge < -0.3 is 38.6 Å². The predicted molar refractivity (Wildman–Crippen MR) is 186 cm³/mol. The zero-order valence-corrected chi connectivity index (χ0v) is 31.2. The van der Waals surface area contributed by atoms with Crippen molar-refractivity contribution in [3.8, 4) is 5.75 Å². The molecular formula is C36H50ClN3O10. The Bertz CT molecular complexity index is 1550. The number of alkyl carbamates (subject to hydrolysis) is 1. The molecule has 3 amide bonds. The SMILES string of the molecule is COc1cc2cc(c1Cl)N(C)C(=O)C[C@H](OC(=O)[C@H](C)N(C)C(=O)C(C)C)[C@@]1(C)O[C@@H]1[C@H](C)[C@@H]1C[C@@](O)(NC(=O)O1)[C@H](OC)/C=C/C=C(\C)C2. The van der Waals surface area contributed by atoms with E-state index in [-0.39, 0.29) is 29.7 Å². The molecule has 276 valence electrons. The number of anilines is 1. The maximum Gasteiger partial charge on any atom is 0.409 e. The summed E-state index contributed by atoms with van der Waals surface area (Å²) in [4.78, 5) is 55.8. The fourth-order valence-electron chi connectivity index (χ4n) is 6.60. The number of rotatable bonds is 6. The first kappa shape index (κ1) is 39.1. The predicted octanol–water partition coefficient (Wildman–Crippen LogP) is 4.17. The minimum absolute atomic E-state index is 0.0449. The van der Waals surface area contributed by atoms with E-state index in [9.17, 15) is 24.3 Å². The molecule has 13 nitrogen and oxygen atoms in total. The molecule has 0 saturated carbocycles. The molecule has 4 rings (SSSR count). The Balaban J connectivity index is 1.78. The Kier molecular flexibility index (Phi) is 12.0. The molecule has 1 aromatic rings. The number of nitrogens with one attached hydrogen (secondary N) is 1. The molecule has 3 aliphatic heterocycles. The van der Waals surface area contributed by atoms with Crippen LogP contribution in [0.3, 0.4) is 0 Å². The molecular weight excluding hydrogens is 670 g/mol. The van der Waals surface area contributed by atoms with Gasteiger partial charge in [0, 0.05) is 39.5 Å². The molecule has 3 aliphatic rings. The number of esters is 1. The van der Waals surface area contributed by atoms with Crippen LogP contribution in [0.5, 0.6) is 5.75 Å². The number of allylic oxidation sites excluding steroid dienone is 3. The fraction of sp³-hybridized carbons (Fsp3) is 0.611. The number of benzene rings is 1. The Morgan fingerprint density at radius 2 is 1.88 bits per heavy atom. The van der Waals surface area contributed by atoms with Gasteiger partial charge in [0.05, 0.1) is 25.3 Å². The number of hydrogen-bond acceptors (Lipinski definition) is 10. The van der Waals surface area contributed by atoms with Gasteiger partial charge in [-0.05, 0) is 44.9 Å². The number of fused-ring (bicyclic) bond motifs is 5. The van der Waals surface area contributed by atoms with Crippen LogP contribution in [0.4, 0.5) is 10.5 Å². The van der Waals surface area contributed by atoms with E-state index >= 15 is 0 Å². The number of methoxy groups -OCH3 is 2. The summed E-state index contributed by atoms with van der Waals surface area (Å²) in [5.41, 5.74) is -0.881. The van der Waals surface area contributed by atoms with Gasteiger partial charge >= 0.3 is 12.1 Å². The Hall–Kier alpha value is -3.65. The van der Waals surface area contributed by atoms with Crippen LogP contribution >= 0.6 is 11.6 Å². The zero-order chi connectivity index (χ0) is 37.3. The van der Waals surface area contributed by atoms with Crippen LogP contribution in [0.2, 0.25) is 5.02 Å². The van der Waals surface area contributed by atoms with Gasteiger partial charge in [0.1, 0.15) is 40.7 Å². The third-order valence-electron chi connectivity index (χ3n) is 9.97. The summed E-state index contributed by atoms with van der Waals surface area (Å²) < 4.78 is 29.1. The van der Waals surface area contributed by atoms with Crippen molar-refractivity contribution in [1.82, 2.24) is 10.2 Å². The lowest BCUT2D eigenvalue weighted by molar-refractivity contribution is -0.162.